The van der Waals surface area contributed by atoms with Crippen molar-refractivity contribution in [2.24, 2.45) is 0 Å². The zero-order valence-electron chi connectivity index (χ0n) is 16.1. The summed E-state index contributed by atoms with van der Waals surface area (Å²) in [6.45, 7) is 0.231. The van der Waals surface area contributed by atoms with Crippen LogP contribution in [0, 0.1) is 0 Å². The Kier molecular flexibility index (Phi) is 6.13. The van der Waals surface area contributed by atoms with Crippen molar-refractivity contribution in [3.63, 3.8) is 0 Å². The highest BCUT2D eigenvalue weighted by atomic mass is 32.2. The molecular weight excluding hydrogens is 410 g/mol. The maximum atomic E-state index is 12.1. The molecule has 0 spiro atoms. The van der Waals surface area contributed by atoms with Crippen LogP contribution >= 0.6 is 11.8 Å². The van der Waals surface area contributed by atoms with Gasteiger partial charge in [-0.05, 0) is 5.56 Å². The smallest absolute Gasteiger partial charge is 0.330 e. The molecule has 158 valence electrons. The molecule has 0 amide bonds. The van der Waals surface area contributed by atoms with E-state index in [-0.39, 0.29) is 6.54 Å². The Bertz CT molecular complexity index is 1100. The predicted octanol–water partition coefficient (Wildman–Crippen LogP) is 0.394. The van der Waals surface area contributed by atoms with Crippen molar-refractivity contribution in [2.45, 2.75) is 41.9 Å². The van der Waals surface area contributed by atoms with Gasteiger partial charge in [0, 0.05) is 25.1 Å². The fourth-order valence-electron chi connectivity index (χ4n) is 3.33. The fraction of sp³-hybridized carbons (Fsp3) is 0.368. The van der Waals surface area contributed by atoms with E-state index in [2.05, 4.69) is 15.3 Å². The molecule has 4 rings (SSSR count). The van der Waals surface area contributed by atoms with Gasteiger partial charge in [0.15, 0.2) is 6.23 Å². The molecule has 11 heteroatoms. The summed E-state index contributed by atoms with van der Waals surface area (Å²) in [6.07, 6.45) is -0.231. The molecular formula is C19H21N5O5S. The summed E-state index contributed by atoms with van der Waals surface area (Å²) < 4.78 is 14.0. The predicted molar refractivity (Wildman–Crippen MR) is 108 cm³/mol. The van der Waals surface area contributed by atoms with Gasteiger partial charge in [-0.3, -0.25) is 14.3 Å². The van der Waals surface area contributed by atoms with E-state index in [0.29, 0.717) is 0 Å². The van der Waals surface area contributed by atoms with Gasteiger partial charge in [-0.2, -0.15) is 0 Å². The van der Waals surface area contributed by atoms with E-state index in [1.807, 2.05) is 30.3 Å². The SMILES string of the molecule is COC1C(O)C(Cn2cc(SCc3ccccc3)nn2)OC1n1ccc(=O)[nH]c1=O. The first-order valence-corrected chi connectivity index (χ1v) is 10.3. The number of H-pyrrole nitrogens is 1. The number of rotatable bonds is 7. The standard InChI is InChI=1S/C19H21N5O5S/c1-28-17-16(26)13(29-18(17)24-8-7-14(25)20-19(24)27)9-23-10-15(21-22-23)30-11-12-5-3-2-4-6-12/h2-8,10,13,16-18,26H,9,11H2,1H3,(H,20,25,27). The Morgan fingerprint density at radius 2 is 2.07 bits per heavy atom. The summed E-state index contributed by atoms with van der Waals surface area (Å²) in [5.74, 6) is 0.769. The lowest BCUT2D eigenvalue weighted by Crippen LogP contribution is -2.38. The van der Waals surface area contributed by atoms with Crippen LogP contribution < -0.4 is 11.2 Å². The molecule has 1 aromatic carbocycles. The summed E-state index contributed by atoms with van der Waals surface area (Å²) in [4.78, 5) is 25.6. The lowest BCUT2D eigenvalue weighted by Gasteiger charge is -2.19. The third kappa shape index (κ3) is 4.38. The van der Waals surface area contributed by atoms with Gasteiger partial charge in [-0.1, -0.05) is 47.3 Å². The Morgan fingerprint density at radius 1 is 1.27 bits per heavy atom. The first-order chi connectivity index (χ1) is 14.5. The van der Waals surface area contributed by atoms with E-state index < -0.39 is 35.8 Å². The average Bonchev–Trinajstić information content (AvgIpc) is 3.31. The topological polar surface area (TPSA) is 124 Å². The first-order valence-electron chi connectivity index (χ1n) is 9.30. The highest BCUT2D eigenvalue weighted by Gasteiger charge is 2.45. The second kappa shape index (κ2) is 8.96. The number of benzene rings is 1. The van der Waals surface area contributed by atoms with Crippen LogP contribution in [0.4, 0.5) is 0 Å². The van der Waals surface area contributed by atoms with Crippen LogP contribution in [0.3, 0.4) is 0 Å². The van der Waals surface area contributed by atoms with E-state index >= 15 is 0 Å². The Hall–Kier alpha value is -2.73. The van der Waals surface area contributed by atoms with Gasteiger partial charge in [0.2, 0.25) is 0 Å². The molecule has 0 saturated carbocycles. The maximum absolute atomic E-state index is 12.1. The van der Waals surface area contributed by atoms with E-state index in [1.54, 1.807) is 22.6 Å². The molecule has 0 radical (unpaired) electrons. The molecule has 1 fully saturated rings. The van der Waals surface area contributed by atoms with Gasteiger partial charge in [0.25, 0.3) is 5.56 Å². The van der Waals surface area contributed by atoms with Gasteiger partial charge >= 0.3 is 5.69 Å². The zero-order chi connectivity index (χ0) is 21.1. The lowest BCUT2D eigenvalue weighted by atomic mass is 10.1. The van der Waals surface area contributed by atoms with Crippen molar-refractivity contribution in [2.75, 3.05) is 7.11 Å². The molecule has 0 bridgehead atoms. The number of ether oxygens (including phenoxy) is 2. The molecule has 10 nitrogen and oxygen atoms in total. The van der Waals surface area contributed by atoms with Gasteiger partial charge < -0.3 is 14.6 Å². The van der Waals surface area contributed by atoms with Crippen LogP contribution in [0.1, 0.15) is 11.8 Å². The number of methoxy groups -OCH3 is 1. The first kappa shape index (κ1) is 20.5. The van der Waals surface area contributed by atoms with Crippen molar-refractivity contribution >= 4 is 11.8 Å². The van der Waals surface area contributed by atoms with Crippen LogP contribution in [0.5, 0.6) is 0 Å². The summed E-state index contributed by atoms with van der Waals surface area (Å²) >= 11 is 1.56. The van der Waals surface area contributed by atoms with E-state index in [0.717, 1.165) is 10.8 Å². The van der Waals surface area contributed by atoms with Crippen LogP contribution in [0.2, 0.25) is 0 Å². The molecule has 1 aliphatic rings. The normalized spacial score (nSPS) is 23.7. The van der Waals surface area contributed by atoms with Gasteiger partial charge in [0.1, 0.15) is 23.3 Å². The Labute approximate surface area is 175 Å². The van der Waals surface area contributed by atoms with Crippen LogP contribution in [-0.2, 0) is 21.8 Å². The monoisotopic (exact) mass is 431 g/mol. The van der Waals surface area contributed by atoms with E-state index in [4.69, 9.17) is 9.47 Å². The van der Waals surface area contributed by atoms with Crippen molar-refractivity contribution in [3.8, 4) is 0 Å². The number of aromatic nitrogens is 5. The quantitative estimate of drug-likeness (QED) is 0.515. The summed E-state index contributed by atoms with van der Waals surface area (Å²) in [5, 5.41) is 19.6. The van der Waals surface area contributed by atoms with Gasteiger partial charge in [0.05, 0.1) is 12.7 Å². The number of hydrogen-bond acceptors (Lipinski definition) is 8. The second-order valence-electron chi connectivity index (χ2n) is 6.83. The molecule has 30 heavy (non-hydrogen) atoms. The minimum absolute atomic E-state index is 0.231. The summed E-state index contributed by atoms with van der Waals surface area (Å²) in [5.41, 5.74) is 0.0370. The molecule has 1 aliphatic heterocycles. The summed E-state index contributed by atoms with van der Waals surface area (Å²) in [7, 11) is 1.43. The highest BCUT2D eigenvalue weighted by Crippen LogP contribution is 2.31. The van der Waals surface area contributed by atoms with Crippen LogP contribution in [-0.4, -0.2) is 55.1 Å². The minimum atomic E-state index is -0.997. The lowest BCUT2D eigenvalue weighted by molar-refractivity contribution is -0.0566. The van der Waals surface area contributed by atoms with Crippen molar-refractivity contribution in [1.29, 1.82) is 0 Å². The Balaban J connectivity index is 1.44. The largest absolute Gasteiger partial charge is 0.387 e. The van der Waals surface area contributed by atoms with Crippen molar-refractivity contribution in [3.05, 3.63) is 75.2 Å². The molecule has 1 saturated heterocycles. The van der Waals surface area contributed by atoms with E-state index in [1.165, 1.54) is 29.5 Å². The fourth-order valence-corrected chi connectivity index (χ4v) is 4.13. The molecule has 2 aromatic heterocycles. The van der Waals surface area contributed by atoms with Crippen molar-refractivity contribution in [1.82, 2.24) is 24.5 Å². The summed E-state index contributed by atoms with van der Waals surface area (Å²) in [6, 6.07) is 11.3. The molecule has 4 atom stereocenters. The molecule has 3 aromatic rings. The maximum Gasteiger partial charge on any atom is 0.330 e. The average molecular weight is 431 g/mol. The number of aliphatic hydroxyl groups excluding tert-OH is 1. The van der Waals surface area contributed by atoms with Gasteiger partial charge in [-0.15, -0.1) is 5.10 Å². The van der Waals surface area contributed by atoms with E-state index in [9.17, 15) is 14.7 Å². The zero-order valence-corrected chi connectivity index (χ0v) is 16.9. The third-order valence-corrected chi connectivity index (χ3v) is 5.78. The number of nitrogens with zero attached hydrogens (tertiary/aromatic N) is 4. The van der Waals surface area contributed by atoms with Crippen LogP contribution in [0.15, 0.2) is 63.4 Å². The Morgan fingerprint density at radius 3 is 2.80 bits per heavy atom. The molecule has 0 aliphatic carbocycles. The number of hydrogen-bond donors (Lipinski definition) is 2. The highest BCUT2D eigenvalue weighted by molar-refractivity contribution is 7.98. The van der Waals surface area contributed by atoms with Gasteiger partial charge in [-0.25, -0.2) is 9.48 Å². The number of nitrogens with one attached hydrogen (secondary N) is 1. The third-order valence-electron chi connectivity index (χ3n) is 4.82. The molecule has 4 unspecified atom stereocenters. The minimum Gasteiger partial charge on any atom is -0.387 e. The number of aromatic amines is 1. The molecule has 2 N–H and O–H groups in total. The number of aliphatic hydroxyl groups is 1. The number of thioether (sulfide) groups is 1. The second-order valence-corrected chi connectivity index (χ2v) is 7.82. The molecule has 3 heterocycles. The van der Waals surface area contributed by atoms with Crippen LogP contribution in [0.25, 0.3) is 0 Å². The van der Waals surface area contributed by atoms with Crippen molar-refractivity contribution < 1.29 is 14.6 Å².